The van der Waals surface area contributed by atoms with Gasteiger partial charge in [-0.1, -0.05) is 0 Å². The maximum absolute atomic E-state index is 13.1. The van der Waals surface area contributed by atoms with E-state index in [2.05, 4.69) is 5.10 Å². The van der Waals surface area contributed by atoms with Crippen molar-refractivity contribution in [3.63, 3.8) is 0 Å². The number of halogens is 2. The van der Waals surface area contributed by atoms with Crippen molar-refractivity contribution in [1.29, 1.82) is 0 Å². The fourth-order valence-electron chi connectivity index (χ4n) is 1.55. The van der Waals surface area contributed by atoms with Gasteiger partial charge >= 0.3 is 5.97 Å². The predicted molar refractivity (Wildman–Crippen MR) is 67.3 cm³/mol. The van der Waals surface area contributed by atoms with Gasteiger partial charge < -0.3 is 5.11 Å². The molecule has 0 saturated heterocycles. The second kappa shape index (κ2) is 5.13. The van der Waals surface area contributed by atoms with Crippen LogP contribution in [0.5, 0.6) is 0 Å². The fourth-order valence-corrected chi connectivity index (χ4v) is 2.67. The molecule has 0 unspecified atom stereocenters. The molecule has 112 valence electrons. The number of carbonyl (C=O) groups is 1. The SMILES string of the molecule is Cn1ncc(C(=O)O)c1NS(=O)(=O)c1ccc(F)c(F)c1. The molecule has 0 saturated carbocycles. The number of aromatic nitrogens is 2. The second-order valence-electron chi connectivity index (χ2n) is 4.02. The van der Waals surface area contributed by atoms with Crippen molar-refractivity contribution in [2.24, 2.45) is 7.05 Å². The maximum atomic E-state index is 13.1. The van der Waals surface area contributed by atoms with E-state index in [1.807, 2.05) is 4.72 Å². The van der Waals surface area contributed by atoms with E-state index in [1.54, 1.807) is 0 Å². The quantitative estimate of drug-likeness (QED) is 0.882. The zero-order chi connectivity index (χ0) is 15.8. The number of benzene rings is 1. The summed E-state index contributed by atoms with van der Waals surface area (Å²) in [5.41, 5.74) is -0.372. The number of nitrogens with one attached hydrogen (secondary N) is 1. The molecule has 1 heterocycles. The number of carboxylic acids is 1. The van der Waals surface area contributed by atoms with Gasteiger partial charge in [0.1, 0.15) is 5.56 Å². The number of hydrogen-bond acceptors (Lipinski definition) is 4. The van der Waals surface area contributed by atoms with Crippen LogP contribution in [0.1, 0.15) is 10.4 Å². The minimum absolute atomic E-state index is 0.299. The maximum Gasteiger partial charge on any atom is 0.341 e. The van der Waals surface area contributed by atoms with E-state index in [-0.39, 0.29) is 11.4 Å². The average molecular weight is 317 g/mol. The Morgan fingerprint density at radius 2 is 2.00 bits per heavy atom. The molecule has 0 spiro atoms. The third kappa shape index (κ3) is 2.84. The van der Waals surface area contributed by atoms with Crippen LogP contribution in [0.15, 0.2) is 29.3 Å². The van der Waals surface area contributed by atoms with Crippen LogP contribution in [-0.2, 0) is 17.1 Å². The van der Waals surface area contributed by atoms with Crippen molar-refractivity contribution in [2.75, 3.05) is 4.72 Å². The van der Waals surface area contributed by atoms with Gasteiger partial charge in [0.25, 0.3) is 10.0 Å². The number of carboxylic acid groups (broad SMARTS) is 1. The average Bonchev–Trinajstić information content (AvgIpc) is 2.74. The number of rotatable bonds is 4. The molecule has 0 atom stereocenters. The number of aryl methyl sites for hydroxylation is 1. The van der Waals surface area contributed by atoms with Crippen LogP contribution in [0.3, 0.4) is 0 Å². The van der Waals surface area contributed by atoms with Crippen LogP contribution in [0.4, 0.5) is 14.6 Å². The van der Waals surface area contributed by atoms with Gasteiger partial charge in [0.15, 0.2) is 17.5 Å². The van der Waals surface area contributed by atoms with E-state index in [1.165, 1.54) is 7.05 Å². The summed E-state index contributed by atoms with van der Waals surface area (Å²) in [6, 6.07) is 2.01. The molecule has 0 fully saturated rings. The lowest BCUT2D eigenvalue weighted by Gasteiger charge is -2.09. The Balaban J connectivity index is 2.44. The lowest BCUT2D eigenvalue weighted by Crippen LogP contribution is -2.17. The standard InChI is InChI=1S/C11H9F2N3O4S/c1-16-10(7(5-14-16)11(17)18)15-21(19,20)6-2-3-8(12)9(13)4-6/h2-5,15H,1H3,(H,17,18). The smallest absolute Gasteiger partial charge is 0.341 e. The van der Waals surface area contributed by atoms with Crippen molar-refractivity contribution in [3.05, 3.63) is 41.6 Å². The van der Waals surface area contributed by atoms with Gasteiger partial charge in [-0.25, -0.2) is 22.0 Å². The van der Waals surface area contributed by atoms with Crippen LogP contribution < -0.4 is 4.72 Å². The van der Waals surface area contributed by atoms with Crippen LogP contribution in [-0.4, -0.2) is 29.3 Å². The van der Waals surface area contributed by atoms with Gasteiger partial charge in [-0.2, -0.15) is 5.10 Å². The molecular weight excluding hydrogens is 308 g/mol. The van der Waals surface area contributed by atoms with Gasteiger partial charge in [0.05, 0.1) is 11.1 Å². The molecule has 7 nitrogen and oxygen atoms in total. The Labute approximate surface area is 117 Å². The Kier molecular flexibility index (Phi) is 3.64. The lowest BCUT2D eigenvalue weighted by molar-refractivity contribution is 0.0698. The molecule has 2 aromatic rings. The summed E-state index contributed by atoms with van der Waals surface area (Å²) < 4.78 is 53.0. The van der Waals surface area contributed by atoms with E-state index in [0.717, 1.165) is 16.9 Å². The van der Waals surface area contributed by atoms with Gasteiger partial charge in [-0.3, -0.25) is 9.40 Å². The van der Waals surface area contributed by atoms with E-state index >= 15 is 0 Å². The Hall–Kier alpha value is -2.49. The molecule has 21 heavy (non-hydrogen) atoms. The molecule has 0 radical (unpaired) electrons. The molecule has 0 bridgehead atoms. The van der Waals surface area contributed by atoms with Gasteiger partial charge in [0, 0.05) is 7.05 Å². The Morgan fingerprint density at radius 3 is 2.57 bits per heavy atom. The Bertz CT molecular complexity index is 817. The summed E-state index contributed by atoms with van der Waals surface area (Å²) >= 11 is 0. The highest BCUT2D eigenvalue weighted by Crippen LogP contribution is 2.20. The molecule has 0 aliphatic carbocycles. The zero-order valence-electron chi connectivity index (χ0n) is 10.5. The predicted octanol–water partition coefficient (Wildman–Crippen LogP) is 1.20. The van der Waals surface area contributed by atoms with Crippen molar-refractivity contribution in [1.82, 2.24) is 9.78 Å². The summed E-state index contributed by atoms with van der Waals surface area (Å²) in [5.74, 6) is -4.21. The number of aromatic carboxylic acids is 1. The largest absolute Gasteiger partial charge is 0.477 e. The van der Waals surface area contributed by atoms with Crippen LogP contribution in [0.25, 0.3) is 0 Å². The minimum Gasteiger partial charge on any atom is -0.477 e. The van der Waals surface area contributed by atoms with Crippen molar-refractivity contribution < 1.29 is 27.1 Å². The van der Waals surface area contributed by atoms with Crippen LogP contribution in [0.2, 0.25) is 0 Å². The monoisotopic (exact) mass is 317 g/mol. The molecular formula is C11H9F2N3O4S. The number of hydrogen-bond donors (Lipinski definition) is 2. The third-order valence-electron chi connectivity index (χ3n) is 2.60. The van der Waals surface area contributed by atoms with Crippen molar-refractivity contribution >= 4 is 21.8 Å². The molecule has 2 N–H and O–H groups in total. The summed E-state index contributed by atoms with van der Waals surface area (Å²) in [7, 11) is -2.95. The highest BCUT2D eigenvalue weighted by molar-refractivity contribution is 7.92. The van der Waals surface area contributed by atoms with Gasteiger partial charge in [-0.05, 0) is 18.2 Å². The normalized spacial score (nSPS) is 11.4. The summed E-state index contributed by atoms with van der Waals surface area (Å²) in [6.45, 7) is 0. The van der Waals surface area contributed by atoms with Gasteiger partial charge in [-0.15, -0.1) is 0 Å². The number of sulfonamides is 1. The first-order valence-corrected chi connectivity index (χ1v) is 6.94. The van der Waals surface area contributed by atoms with Crippen LogP contribution in [0, 0.1) is 11.6 Å². The van der Waals surface area contributed by atoms with Gasteiger partial charge in [0.2, 0.25) is 0 Å². The molecule has 0 amide bonds. The number of anilines is 1. The molecule has 2 rings (SSSR count). The third-order valence-corrected chi connectivity index (χ3v) is 3.94. The van der Waals surface area contributed by atoms with Crippen molar-refractivity contribution in [3.8, 4) is 0 Å². The molecule has 0 aliphatic rings. The molecule has 10 heteroatoms. The topological polar surface area (TPSA) is 101 Å². The second-order valence-corrected chi connectivity index (χ2v) is 5.70. The number of nitrogens with zero attached hydrogens (tertiary/aromatic N) is 2. The summed E-state index contributed by atoms with van der Waals surface area (Å²) in [4.78, 5) is 10.4. The Morgan fingerprint density at radius 1 is 1.33 bits per heavy atom. The summed E-state index contributed by atoms with van der Waals surface area (Å²) in [6.07, 6.45) is 0.964. The van der Waals surface area contributed by atoms with Crippen LogP contribution >= 0.6 is 0 Å². The lowest BCUT2D eigenvalue weighted by atomic mass is 10.3. The van der Waals surface area contributed by atoms with E-state index in [9.17, 15) is 22.0 Å². The van der Waals surface area contributed by atoms with E-state index in [4.69, 9.17) is 5.11 Å². The molecule has 0 aliphatic heterocycles. The fraction of sp³-hybridized carbons (Fsp3) is 0.0909. The first-order chi connectivity index (χ1) is 9.72. The summed E-state index contributed by atoms with van der Waals surface area (Å²) in [5, 5.41) is 12.6. The zero-order valence-corrected chi connectivity index (χ0v) is 11.4. The minimum atomic E-state index is -4.28. The highest BCUT2D eigenvalue weighted by Gasteiger charge is 2.22. The molecule has 1 aromatic carbocycles. The highest BCUT2D eigenvalue weighted by atomic mass is 32.2. The first kappa shape index (κ1) is 14.9. The van der Waals surface area contributed by atoms with E-state index < -0.39 is 32.5 Å². The molecule has 1 aromatic heterocycles. The van der Waals surface area contributed by atoms with Crippen molar-refractivity contribution in [2.45, 2.75) is 4.90 Å². The van der Waals surface area contributed by atoms with E-state index in [0.29, 0.717) is 12.1 Å². The first-order valence-electron chi connectivity index (χ1n) is 5.45.